The molecule has 0 aromatic heterocycles. The molecule has 0 bridgehead atoms. The highest BCUT2D eigenvalue weighted by Gasteiger charge is 2.12. The predicted molar refractivity (Wildman–Crippen MR) is 66.9 cm³/mol. The normalized spacial score (nSPS) is 10.1. The third kappa shape index (κ3) is 3.31. The van der Waals surface area contributed by atoms with Crippen molar-refractivity contribution in [2.24, 2.45) is 0 Å². The molecule has 15 heavy (non-hydrogen) atoms. The molecule has 0 radical (unpaired) electrons. The molecule has 0 spiro atoms. The molecule has 2 nitrogen and oxygen atoms in total. The fraction of sp³-hybridized carbons (Fsp3) is 0.364. The fourth-order valence-electron chi connectivity index (χ4n) is 1.26. The van der Waals surface area contributed by atoms with Gasteiger partial charge in [-0.2, -0.15) is 0 Å². The maximum atomic E-state index is 11.4. The van der Waals surface area contributed by atoms with Crippen molar-refractivity contribution in [3.05, 3.63) is 32.2 Å². The highest BCUT2D eigenvalue weighted by molar-refractivity contribution is 9.13. The number of hydrogen-bond donors (Lipinski definition) is 0. The Hall–Kier alpha value is -0.350. The van der Waals surface area contributed by atoms with Crippen molar-refractivity contribution in [3.63, 3.8) is 0 Å². The van der Waals surface area contributed by atoms with Crippen LogP contribution >= 0.6 is 31.9 Å². The average molecular weight is 336 g/mol. The van der Waals surface area contributed by atoms with Crippen LogP contribution in [-0.2, 0) is 16.0 Å². The summed E-state index contributed by atoms with van der Waals surface area (Å²) in [6, 6.07) is 3.93. The third-order valence-electron chi connectivity index (χ3n) is 2.06. The summed E-state index contributed by atoms with van der Waals surface area (Å²) in [4.78, 5) is 11.4. The molecule has 0 unspecified atom stereocenters. The van der Waals surface area contributed by atoms with Crippen molar-refractivity contribution >= 4 is 37.8 Å². The third-order valence-corrected chi connectivity index (χ3v) is 4.16. The van der Waals surface area contributed by atoms with Gasteiger partial charge >= 0.3 is 5.97 Å². The van der Waals surface area contributed by atoms with E-state index >= 15 is 0 Å². The van der Waals surface area contributed by atoms with Gasteiger partial charge in [0.05, 0.1) is 13.0 Å². The number of rotatable bonds is 3. The van der Waals surface area contributed by atoms with Gasteiger partial charge in [-0.15, -0.1) is 0 Å². The molecule has 0 atom stereocenters. The topological polar surface area (TPSA) is 26.3 Å². The summed E-state index contributed by atoms with van der Waals surface area (Å²) in [6.45, 7) is 4.20. The van der Waals surface area contributed by atoms with Crippen LogP contribution in [0.15, 0.2) is 21.1 Å². The highest BCUT2D eigenvalue weighted by atomic mass is 79.9. The molecule has 4 heteroatoms. The van der Waals surface area contributed by atoms with Gasteiger partial charge < -0.3 is 4.74 Å². The zero-order valence-electron chi connectivity index (χ0n) is 8.64. The first-order chi connectivity index (χ1) is 7.06. The molecule has 0 fully saturated rings. The van der Waals surface area contributed by atoms with Crippen LogP contribution in [0, 0.1) is 6.92 Å². The molecule has 0 aliphatic rings. The maximum Gasteiger partial charge on any atom is 0.310 e. The fourth-order valence-corrected chi connectivity index (χ4v) is 2.22. The van der Waals surface area contributed by atoms with E-state index in [1.54, 1.807) is 6.92 Å². The van der Waals surface area contributed by atoms with E-state index in [2.05, 4.69) is 31.9 Å². The number of ether oxygens (including phenoxy) is 1. The van der Waals surface area contributed by atoms with E-state index in [4.69, 9.17) is 4.74 Å². The molecular formula is C11H12Br2O2. The first-order valence-corrected chi connectivity index (χ1v) is 6.24. The summed E-state index contributed by atoms with van der Waals surface area (Å²) in [5.41, 5.74) is 2.06. The molecule has 0 saturated carbocycles. The van der Waals surface area contributed by atoms with Crippen molar-refractivity contribution in [3.8, 4) is 0 Å². The minimum Gasteiger partial charge on any atom is -0.466 e. The summed E-state index contributed by atoms with van der Waals surface area (Å²) in [5, 5.41) is 0. The standard InChI is InChI=1S/C11H12Br2O2/c1-3-15-10(14)6-8-7(2)4-5-9(12)11(8)13/h4-5H,3,6H2,1-2H3. The van der Waals surface area contributed by atoms with Gasteiger partial charge in [0.1, 0.15) is 0 Å². The van der Waals surface area contributed by atoms with E-state index in [9.17, 15) is 4.79 Å². The largest absolute Gasteiger partial charge is 0.466 e. The first kappa shape index (κ1) is 12.7. The number of benzene rings is 1. The van der Waals surface area contributed by atoms with Gasteiger partial charge in [0.2, 0.25) is 0 Å². The molecule has 0 aliphatic heterocycles. The monoisotopic (exact) mass is 334 g/mol. The Morgan fingerprint density at radius 2 is 2.07 bits per heavy atom. The lowest BCUT2D eigenvalue weighted by Gasteiger charge is -2.09. The summed E-state index contributed by atoms with van der Waals surface area (Å²) in [6.07, 6.45) is 0.305. The van der Waals surface area contributed by atoms with Crippen molar-refractivity contribution in [1.82, 2.24) is 0 Å². The van der Waals surface area contributed by atoms with Crippen molar-refractivity contribution in [2.45, 2.75) is 20.3 Å². The number of carbonyl (C=O) groups is 1. The molecule has 82 valence electrons. The molecule has 1 aromatic rings. The summed E-state index contributed by atoms with van der Waals surface area (Å²) < 4.78 is 6.80. The van der Waals surface area contributed by atoms with Gasteiger partial charge in [0, 0.05) is 8.95 Å². The van der Waals surface area contributed by atoms with E-state index in [1.165, 1.54) is 0 Å². The van der Waals surface area contributed by atoms with Crippen LogP contribution in [0.3, 0.4) is 0 Å². The van der Waals surface area contributed by atoms with Crippen LogP contribution in [0.4, 0.5) is 0 Å². The Balaban J connectivity index is 2.93. The second kappa shape index (κ2) is 5.66. The number of halogens is 2. The average Bonchev–Trinajstić information content (AvgIpc) is 2.19. The lowest BCUT2D eigenvalue weighted by atomic mass is 10.1. The molecule has 1 rings (SSSR count). The van der Waals surface area contributed by atoms with Crippen molar-refractivity contribution < 1.29 is 9.53 Å². The van der Waals surface area contributed by atoms with Crippen LogP contribution < -0.4 is 0 Å². The zero-order valence-corrected chi connectivity index (χ0v) is 11.8. The summed E-state index contributed by atoms with van der Waals surface area (Å²) >= 11 is 6.87. The first-order valence-electron chi connectivity index (χ1n) is 4.65. The quantitative estimate of drug-likeness (QED) is 0.788. The van der Waals surface area contributed by atoms with E-state index < -0.39 is 0 Å². The Morgan fingerprint density at radius 3 is 2.67 bits per heavy atom. The van der Waals surface area contributed by atoms with Gasteiger partial charge in [0.15, 0.2) is 0 Å². The van der Waals surface area contributed by atoms with Crippen molar-refractivity contribution in [2.75, 3.05) is 6.61 Å². The number of esters is 1. The minimum absolute atomic E-state index is 0.195. The van der Waals surface area contributed by atoms with Crippen LogP contribution in [0.1, 0.15) is 18.1 Å². The predicted octanol–water partition coefficient (Wildman–Crippen LogP) is 3.63. The molecule has 1 aromatic carbocycles. The molecular weight excluding hydrogens is 324 g/mol. The Bertz CT molecular complexity index is 375. The van der Waals surface area contributed by atoms with E-state index in [-0.39, 0.29) is 5.97 Å². The van der Waals surface area contributed by atoms with Crippen LogP contribution in [0.2, 0.25) is 0 Å². The van der Waals surface area contributed by atoms with Crippen LogP contribution in [0.5, 0.6) is 0 Å². The number of hydrogen-bond acceptors (Lipinski definition) is 2. The maximum absolute atomic E-state index is 11.4. The van der Waals surface area contributed by atoms with Crippen LogP contribution in [-0.4, -0.2) is 12.6 Å². The molecule has 0 aliphatic carbocycles. The minimum atomic E-state index is -0.195. The summed E-state index contributed by atoms with van der Waals surface area (Å²) in [5.74, 6) is -0.195. The lowest BCUT2D eigenvalue weighted by molar-refractivity contribution is -0.142. The Labute approximate surface area is 106 Å². The van der Waals surface area contributed by atoms with E-state index in [0.29, 0.717) is 13.0 Å². The van der Waals surface area contributed by atoms with Gasteiger partial charge in [-0.05, 0) is 62.9 Å². The Morgan fingerprint density at radius 1 is 1.40 bits per heavy atom. The highest BCUT2D eigenvalue weighted by Crippen LogP contribution is 2.29. The molecule has 0 N–H and O–H groups in total. The van der Waals surface area contributed by atoms with Gasteiger partial charge in [0.25, 0.3) is 0 Å². The van der Waals surface area contributed by atoms with Crippen LogP contribution in [0.25, 0.3) is 0 Å². The van der Waals surface area contributed by atoms with E-state index in [0.717, 1.165) is 20.1 Å². The van der Waals surface area contributed by atoms with Gasteiger partial charge in [-0.3, -0.25) is 4.79 Å². The molecule has 0 saturated heterocycles. The lowest BCUT2D eigenvalue weighted by Crippen LogP contribution is -2.09. The second-order valence-corrected chi connectivity index (χ2v) is 4.79. The molecule has 0 amide bonds. The zero-order chi connectivity index (χ0) is 11.4. The SMILES string of the molecule is CCOC(=O)Cc1c(C)ccc(Br)c1Br. The van der Waals surface area contributed by atoms with Gasteiger partial charge in [-0.1, -0.05) is 6.07 Å². The second-order valence-electron chi connectivity index (χ2n) is 3.14. The van der Waals surface area contributed by atoms with E-state index in [1.807, 2.05) is 19.1 Å². The van der Waals surface area contributed by atoms with Gasteiger partial charge in [-0.25, -0.2) is 0 Å². The summed E-state index contributed by atoms with van der Waals surface area (Å²) in [7, 11) is 0. The van der Waals surface area contributed by atoms with Crippen molar-refractivity contribution in [1.29, 1.82) is 0 Å². The molecule has 0 heterocycles. The smallest absolute Gasteiger partial charge is 0.310 e. The number of carbonyl (C=O) groups excluding carboxylic acids is 1. The number of aryl methyl sites for hydroxylation is 1. The Kier molecular flexibility index (Phi) is 4.80.